The van der Waals surface area contributed by atoms with Crippen molar-refractivity contribution < 1.29 is 14.7 Å². The number of thiophene rings is 1. The molecule has 1 unspecified atom stereocenters. The van der Waals surface area contributed by atoms with Crippen LogP contribution in [0, 0.1) is 22.7 Å². The third kappa shape index (κ3) is 4.68. The van der Waals surface area contributed by atoms with Crippen LogP contribution in [0.3, 0.4) is 0 Å². The van der Waals surface area contributed by atoms with Gasteiger partial charge in [-0.3, -0.25) is 4.79 Å². The van der Waals surface area contributed by atoms with Crippen LogP contribution in [-0.2, 0) is 4.79 Å². The van der Waals surface area contributed by atoms with Crippen LogP contribution in [0.1, 0.15) is 28.4 Å². The number of carbonyl (C=O) groups is 2. The standard InChI is InChI=1S/C21H14ClN5O3S2/c1-10(19(28)26-15-7-11(21(29)30)4-5-14(15)22)32-20-13(9-24)17(16-3-2-6-31-16)12(8-23)18(25)27-20/h2-7,10H,1H3,(H2,25,27)(H,26,28)(H,29,30). The van der Waals surface area contributed by atoms with Gasteiger partial charge in [-0.2, -0.15) is 10.5 Å². The maximum absolute atomic E-state index is 12.7. The molecule has 0 saturated heterocycles. The van der Waals surface area contributed by atoms with Gasteiger partial charge in [-0.05, 0) is 36.6 Å². The summed E-state index contributed by atoms with van der Waals surface area (Å²) in [5.74, 6) is -1.68. The molecule has 3 aromatic rings. The number of nitriles is 2. The zero-order chi connectivity index (χ0) is 23.4. The van der Waals surface area contributed by atoms with Crippen molar-refractivity contribution in [3.8, 4) is 22.6 Å². The van der Waals surface area contributed by atoms with Gasteiger partial charge < -0.3 is 16.2 Å². The maximum atomic E-state index is 12.7. The van der Waals surface area contributed by atoms with Crippen LogP contribution in [-0.4, -0.2) is 27.2 Å². The number of benzene rings is 1. The number of rotatable bonds is 6. The molecule has 8 nitrogen and oxygen atoms in total. The van der Waals surface area contributed by atoms with Crippen LogP contribution in [0.5, 0.6) is 0 Å². The SMILES string of the molecule is CC(Sc1nc(N)c(C#N)c(-c2cccs2)c1C#N)C(=O)Nc1cc(C(=O)O)ccc1Cl. The number of halogens is 1. The van der Waals surface area contributed by atoms with Crippen LogP contribution in [0.15, 0.2) is 40.7 Å². The van der Waals surface area contributed by atoms with E-state index in [0.29, 0.717) is 10.4 Å². The number of anilines is 2. The summed E-state index contributed by atoms with van der Waals surface area (Å²) >= 11 is 8.42. The summed E-state index contributed by atoms with van der Waals surface area (Å²) in [5, 5.41) is 32.5. The van der Waals surface area contributed by atoms with E-state index in [1.165, 1.54) is 29.5 Å². The minimum Gasteiger partial charge on any atom is -0.478 e. The van der Waals surface area contributed by atoms with Crippen LogP contribution >= 0.6 is 34.7 Å². The molecule has 0 aliphatic rings. The van der Waals surface area contributed by atoms with Crippen molar-refractivity contribution in [1.82, 2.24) is 4.98 Å². The summed E-state index contributed by atoms with van der Waals surface area (Å²) < 4.78 is 0. The first kappa shape index (κ1) is 23.1. The number of hydrogen-bond acceptors (Lipinski definition) is 8. The Morgan fingerprint density at radius 3 is 2.59 bits per heavy atom. The van der Waals surface area contributed by atoms with Gasteiger partial charge in [0.25, 0.3) is 0 Å². The Morgan fingerprint density at radius 1 is 1.28 bits per heavy atom. The number of nitrogen functional groups attached to an aromatic ring is 1. The van der Waals surface area contributed by atoms with E-state index in [2.05, 4.69) is 16.4 Å². The van der Waals surface area contributed by atoms with E-state index in [-0.39, 0.29) is 38.2 Å². The number of aromatic carboxylic acids is 1. The third-order valence-electron chi connectivity index (χ3n) is 4.31. The van der Waals surface area contributed by atoms with Gasteiger partial charge in [0.15, 0.2) is 0 Å². The Bertz CT molecular complexity index is 1300. The van der Waals surface area contributed by atoms with Gasteiger partial charge in [-0.15, -0.1) is 11.3 Å². The molecule has 0 aliphatic carbocycles. The van der Waals surface area contributed by atoms with Crippen molar-refractivity contribution in [1.29, 1.82) is 10.5 Å². The molecular formula is C21H14ClN5O3S2. The van der Waals surface area contributed by atoms with Gasteiger partial charge >= 0.3 is 5.97 Å². The minimum absolute atomic E-state index is 0.0288. The molecule has 0 fully saturated rings. The molecule has 0 spiro atoms. The summed E-state index contributed by atoms with van der Waals surface area (Å²) in [6.45, 7) is 1.59. The molecule has 2 heterocycles. The van der Waals surface area contributed by atoms with E-state index in [1.807, 2.05) is 11.4 Å². The molecule has 32 heavy (non-hydrogen) atoms. The summed E-state index contributed by atoms with van der Waals surface area (Å²) in [5.41, 5.74) is 6.72. The number of carboxylic acid groups (broad SMARTS) is 1. The largest absolute Gasteiger partial charge is 0.478 e. The molecule has 0 saturated carbocycles. The van der Waals surface area contributed by atoms with Crippen LogP contribution in [0.25, 0.3) is 10.4 Å². The number of nitrogens with two attached hydrogens (primary N) is 1. The highest BCUT2D eigenvalue weighted by atomic mass is 35.5. The van der Waals surface area contributed by atoms with Crippen molar-refractivity contribution in [3.63, 3.8) is 0 Å². The molecule has 4 N–H and O–H groups in total. The zero-order valence-corrected chi connectivity index (χ0v) is 18.8. The molecule has 11 heteroatoms. The van der Waals surface area contributed by atoms with E-state index >= 15 is 0 Å². The molecular weight excluding hydrogens is 470 g/mol. The fraction of sp³-hybridized carbons (Fsp3) is 0.0952. The second-order valence-corrected chi connectivity index (χ2v) is 9.06. The Balaban J connectivity index is 1.93. The first-order valence-electron chi connectivity index (χ1n) is 8.94. The summed E-state index contributed by atoms with van der Waals surface area (Å²) in [6.07, 6.45) is 0. The fourth-order valence-electron chi connectivity index (χ4n) is 2.76. The smallest absolute Gasteiger partial charge is 0.335 e. The number of amides is 1. The number of aromatic nitrogens is 1. The quantitative estimate of drug-likeness (QED) is 0.429. The van der Waals surface area contributed by atoms with Crippen molar-refractivity contribution in [2.24, 2.45) is 0 Å². The van der Waals surface area contributed by atoms with Crippen LogP contribution in [0.2, 0.25) is 5.02 Å². The van der Waals surface area contributed by atoms with Crippen molar-refractivity contribution in [3.05, 3.63) is 57.4 Å². The van der Waals surface area contributed by atoms with Gasteiger partial charge in [0.05, 0.1) is 27.1 Å². The van der Waals surface area contributed by atoms with Gasteiger partial charge in [0.1, 0.15) is 28.5 Å². The highest BCUT2D eigenvalue weighted by molar-refractivity contribution is 8.00. The Hall–Kier alpha value is -3.57. The molecule has 1 atom stereocenters. The summed E-state index contributed by atoms with van der Waals surface area (Å²) in [6, 6.07) is 11.6. The maximum Gasteiger partial charge on any atom is 0.335 e. The molecule has 2 aromatic heterocycles. The monoisotopic (exact) mass is 483 g/mol. The molecule has 160 valence electrons. The van der Waals surface area contributed by atoms with E-state index in [9.17, 15) is 20.1 Å². The fourth-order valence-corrected chi connectivity index (χ4v) is 4.63. The van der Waals surface area contributed by atoms with Crippen LogP contribution < -0.4 is 11.1 Å². The molecule has 0 bridgehead atoms. The number of thioether (sulfide) groups is 1. The second kappa shape index (κ2) is 9.71. The predicted octanol–water partition coefficient (Wildman–Crippen LogP) is 4.61. The molecule has 3 rings (SSSR count). The molecule has 0 radical (unpaired) electrons. The molecule has 1 amide bonds. The first-order valence-corrected chi connectivity index (χ1v) is 11.1. The number of pyridine rings is 1. The summed E-state index contributed by atoms with van der Waals surface area (Å²) in [4.78, 5) is 28.8. The number of nitrogens with zero attached hydrogens (tertiary/aromatic N) is 3. The Morgan fingerprint density at radius 2 is 2.00 bits per heavy atom. The Labute approximate surface area is 196 Å². The van der Waals surface area contributed by atoms with E-state index in [1.54, 1.807) is 19.1 Å². The van der Waals surface area contributed by atoms with E-state index in [4.69, 9.17) is 22.4 Å². The highest BCUT2D eigenvalue weighted by Gasteiger charge is 2.25. The van der Waals surface area contributed by atoms with Crippen molar-refractivity contribution in [2.75, 3.05) is 11.1 Å². The lowest BCUT2D eigenvalue weighted by Crippen LogP contribution is -2.23. The molecule has 0 aliphatic heterocycles. The zero-order valence-electron chi connectivity index (χ0n) is 16.4. The van der Waals surface area contributed by atoms with Crippen molar-refractivity contribution in [2.45, 2.75) is 17.2 Å². The van der Waals surface area contributed by atoms with Gasteiger partial charge in [0.2, 0.25) is 5.91 Å². The lowest BCUT2D eigenvalue weighted by Gasteiger charge is -2.16. The number of hydrogen-bond donors (Lipinski definition) is 3. The first-order chi connectivity index (χ1) is 15.3. The van der Waals surface area contributed by atoms with E-state index in [0.717, 1.165) is 11.8 Å². The van der Waals surface area contributed by atoms with Gasteiger partial charge in [-0.1, -0.05) is 29.4 Å². The van der Waals surface area contributed by atoms with E-state index < -0.39 is 17.1 Å². The Kier molecular flexibility index (Phi) is 7.01. The second-order valence-electron chi connectivity index (χ2n) is 6.38. The minimum atomic E-state index is -1.16. The lowest BCUT2D eigenvalue weighted by molar-refractivity contribution is -0.115. The molecule has 1 aromatic carbocycles. The van der Waals surface area contributed by atoms with Crippen LogP contribution in [0.4, 0.5) is 11.5 Å². The highest BCUT2D eigenvalue weighted by Crippen LogP contribution is 2.38. The lowest BCUT2D eigenvalue weighted by atomic mass is 10.0. The number of nitrogens with one attached hydrogen (secondary N) is 1. The number of carboxylic acids is 1. The third-order valence-corrected chi connectivity index (χ3v) is 6.62. The normalized spacial score (nSPS) is 11.2. The summed E-state index contributed by atoms with van der Waals surface area (Å²) in [7, 11) is 0. The van der Waals surface area contributed by atoms with Gasteiger partial charge in [0, 0.05) is 10.4 Å². The van der Waals surface area contributed by atoms with Crippen molar-refractivity contribution >= 4 is 58.1 Å². The van der Waals surface area contributed by atoms with Gasteiger partial charge in [-0.25, -0.2) is 9.78 Å². The number of carbonyl (C=O) groups excluding carboxylic acids is 1. The topological polar surface area (TPSA) is 153 Å². The average Bonchev–Trinajstić information content (AvgIpc) is 3.29. The average molecular weight is 484 g/mol. The predicted molar refractivity (Wildman–Crippen MR) is 124 cm³/mol.